The first-order chi connectivity index (χ1) is 11.7. The van der Waals surface area contributed by atoms with Crippen molar-refractivity contribution in [1.29, 1.82) is 0 Å². The smallest absolute Gasteiger partial charge is 0.243 e. The summed E-state index contributed by atoms with van der Waals surface area (Å²) in [6.07, 6.45) is 2.78. The number of carbonyl (C=O) groups excluding carboxylic acids is 1. The van der Waals surface area contributed by atoms with E-state index in [-0.39, 0.29) is 5.91 Å². The summed E-state index contributed by atoms with van der Waals surface area (Å²) in [5.41, 5.74) is 2.71. The van der Waals surface area contributed by atoms with Crippen LogP contribution in [0.5, 0.6) is 0 Å². The standard InChI is InChI=1S/C18H15BrN4O/c1-2-17(24)20-10-12-6-7-15-16(8-12)21-11-22-18(15)23-14-5-3-4-13(19)9-14/h2-9,11H,1,10H2,(H,20,24)(H,21,22,23). The molecule has 0 saturated heterocycles. The molecule has 0 fully saturated rings. The first-order valence-corrected chi connectivity index (χ1v) is 8.11. The third-order valence-corrected chi connectivity index (χ3v) is 3.93. The molecule has 3 aromatic rings. The Morgan fingerprint density at radius 3 is 2.88 bits per heavy atom. The first-order valence-electron chi connectivity index (χ1n) is 7.32. The van der Waals surface area contributed by atoms with Crippen LogP contribution < -0.4 is 10.6 Å². The van der Waals surface area contributed by atoms with Crippen LogP contribution in [0, 0.1) is 0 Å². The Hall–Kier alpha value is -2.73. The number of hydrogen-bond donors (Lipinski definition) is 2. The zero-order valence-corrected chi connectivity index (χ0v) is 14.4. The highest BCUT2D eigenvalue weighted by molar-refractivity contribution is 9.10. The molecular formula is C18H15BrN4O. The molecular weight excluding hydrogens is 368 g/mol. The van der Waals surface area contributed by atoms with E-state index in [2.05, 4.69) is 43.1 Å². The molecule has 1 aromatic heterocycles. The van der Waals surface area contributed by atoms with Crippen molar-refractivity contribution in [3.8, 4) is 0 Å². The molecule has 1 amide bonds. The van der Waals surface area contributed by atoms with Gasteiger partial charge in [0.2, 0.25) is 5.91 Å². The van der Waals surface area contributed by atoms with E-state index in [0.717, 1.165) is 32.4 Å². The van der Waals surface area contributed by atoms with Crippen molar-refractivity contribution in [2.75, 3.05) is 5.32 Å². The van der Waals surface area contributed by atoms with E-state index in [1.54, 1.807) is 0 Å². The lowest BCUT2D eigenvalue weighted by Crippen LogP contribution is -2.19. The molecule has 0 spiro atoms. The van der Waals surface area contributed by atoms with Gasteiger partial charge in [0, 0.05) is 22.1 Å². The average Bonchev–Trinajstić information content (AvgIpc) is 2.59. The second-order valence-corrected chi connectivity index (χ2v) is 6.05. The summed E-state index contributed by atoms with van der Waals surface area (Å²) in [4.78, 5) is 19.9. The average molecular weight is 383 g/mol. The predicted octanol–water partition coefficient (Wildman–Crippen LogP) is 3.94. The van der Waals surface area contributed by atoms with Crippen molar-refractivity contribution in [2.45, 2.75) is 6.54 Å². The molecule has 3 rings (SSSR count). The number of anilines is 2. The second kappa shape index (κ2) is 7.23. The van der Waals surface area contributed by atoms with E-state index in [0.29, 0.717) is 6.54 Å². The fourth-order valence-corrected chi connectivity index (χ4v) is 2.68. The fraction of sp³-hybridized carbons (Fsp3) is 0.0556. The van der Waals surface area contributed by atoms with E-state index in [1.807, 2.05) is 42.5 Å². The third-order valence-electron chi connectivity index (χ3n) is 3.44. The van der Waals surface area contributed by atoms with Gasteiger partial charge in [-0.25, -0.2) is 9.97 Å². The lowest BCUT2D eigenvalue weighted by molar-refractivity contribution is -0.116. The van der Waals surface area contributed by atoms with Crippen LogP contribution in [-0.4, -0.2) is 15.9 Å². The van der Waals surface area contributed by atoms with Crippen molar-refractivity contribution in [1.82, 2.24) is 15.3 Å². The summed E-state index contributed by atoms with van der Waals surface area (Å²) in [5, 5.41) is 6.97. The minimum atomic E-state index is -0.199. The predicted molar refractivity (Wildman–Crippen MR) is 99.0 cm³/mol. The number of benzene rings is 2. The number of fused-ring (bicyclic) bond motifs is 1. The molecule has 0 aliphatic rings. The van der Waals surface area contributed by atoms with Crippen molar-refractivity contribution in [3.63, 3.8) is 0 Å². The summed E-state index contributed by atoms with van der Waals surface area (Å²) in [7, 11) is 0. The Kier molecular flexibility index (Phi) is 4.86. The summed E-state index contributed by atoms with van der Waals surface area (Å²) in [6, 6.07) is 13.7. The van der Waals surface area contributed by atoms with Crippen molar-refractivity contribution < 1.29 is 4.79 Å². The molecule has 5 nitrogen and oxygen atoms in total. The van der Waals surface area contributed by atoms with Gasteiger partial charge in [0.05, 0.1) is 5.52 Å². The molecule has 0 atom stereocenters. The topological polar surface area (TPSA) is 66.9 Å². The second-order valence-electron chi connectivity index (χ2n) is 5.13. The number of halogens is 1. The van der Waals surface area contributed by atoms with Gasteiger partial charge in [-0.05, 0) is 42.0 Å². The van der Waals surface area contributed by atoms with Gasteiger partial charge in [0.25, 0.3) is 0 Å². The quantitative estimate of drug-likeness (QED) is 0.655. The van der Waals surface area contributed by atoms with E-state index in [1.165, 1.54) is 12.4 Å². The molecule has 0 aliphatic heterocycles. The molecule has 0 unspecified atom stereocenters. The van der Waals surface area contributed by atoms with Crippen molar-refractivity contribution >= 4 is 44.2 Å². The molecule has 6 heteroatoms. The van der Waals surface area contributed by atoms with E-state index in [4.69, 9.17) is 0 Å². The van der Waals surface area contributed by atoms with E-state index in [9.17, 15) is 4.79 Å². The zero-order chi connectivity index (χ0) is 16.9. The zero-order valence-electron chi connectivity index (χ0n) is 12.8. The molecule has 0 bridgehead atoms. The van der Waals surface area contributed by atoms with Crippen LogP contribution in [-0.2, 0) is 11.3 Å². The lowest BCUT2D eigenvalue weighted by atomic mass is 10.1. The minimum absolute atomic E-state index is 0.199. The van der Waals surface area contributed by atoms with Gasteiger partial charge in [-0.15, -0.1) is 0 Å². The number of carbonyl (C=O) groups is 1. The van der Waals surface area contributed by atoms with Crippen LogP contribution in [0.4, 0.5) is 11.5 Å². The Morgan fingerprint density at radius 1 is 1.21 bits per heavy atom. The number of rotatable bonds is 5. The van der Waals surface area contributed by atoms with Crippen LogP contribution >= 0.6 is 15.9 Å². The number of aromatic nitrogens is 2. The van der Waals surface area contributed by atoms with Gasteiger partial charge < -0.3 is 10.6 Å². The van der Waals surface area contributed by atoms with Gasteiger partial charge in [-0.2, -0.15) is 0 Å². The summed E-state index contributed by atoms with van der Waals surface area (Å²) in [5.74, 6) is 0.537. The largest absolute Gasteiger partial charge is 0.348 e. The number of nitrogens with zero attached hydrogens (tertiary/aromatic N) is 2. The Bertz CT molecular complexity index is 910. The molecule has 24 heavy (non-hydrogen) atoms. The van der Waals surface area contributed by atoms with Gasteiger partial charge >= 0.3 is 0 Å². The molecule has 120 valence electrons. The van der Waals surface area contributed by atoms with Crippen LogP contribution in [0.25, 0.3) is 10.9 Å². The molecule has 0 aliphatic carbocycles. The third kappa shape index (κ3) is 3.78. The van der Waals surface area contributed by atoms with Gasteiger partial charge in [0.15, 0.2) is 0 Å². The molecule has 2 N–H and O–H groups in total. The maximum atomic E-state index is 11.3. The number of nitrogens with one attached hydrogen (secondary N) is 2. The highest BCUT2D eigenvalue weighted by Gasteiger charge is 2.06. The van der Waals surface area contributed by atoms with Crippen molar-refractivity contribution in [2.24, 2.45) is 0 Å². The molecule has 2 aromatic carbocycles. The monoisotopic (exact) mass is 382 g/mol. The van der Waals surface area contributed by atoms with Gasteiger partial charge in [-0.1, -0.05) is 34.6 Å². The summed E-state index contributed by atoms with van der Waals surface area (Å²) in [6.45, 7) is 3.87. The molecule has 1 heterocycles. The van der Waals surface area contributed by atoms with E-state index < -0.39 is 0 Å². The van der Waals surface area contributed by atoms with Crippen LogP contribution in [0.3, 0.4) is 0 Å². The fourth-order valence-electron chi connectivity index (χ4n) is 2.28. The normalized spacial score (nSPS) is 10.4. The highest BCUT2D eigenvalue weighted by atomic mass is 79.9. The minimum Gasteiger partial charge on any atom is -0.348 e. The maximum Gasteiger partial charge on any atom is 0.243 e. The number of amides is 1. The maximum absolute atomic E-state index is 11.3. The summed E-state index contributed by atoms with van der Waals surface area (Å²) < 4.78 is 0.992. The Labute approximate surface area is 148 Å². The summed E-state index contributed by atoms with van der Waals surface area (Å²) >= 11 is 3.46. The highest BCUT2D eigenvalue weighted by Crippen LogP contribution is 2.25. The van der Waals surface area contributed by atoms with Gasteiger partial charge in [0.1, 0.15) is 12.1 Å². The Morgan fingerprint density at radius 2 is 2.08 bits per heavy atom. The van der Waals surface area contributed by atoms with Crippen LogP contribution in [0.15, 0.2) is 65.9 Å². The van der Waals surface area contributed by atoms with Crippen LogP contribution in [0.1, 0.15) is 5.56 Å². The van der Waals surface area contributed by atoms with Crippen LogP contribution in [0.2, 0.25) is 0 Å². The molecule has 0 saturated carbocycles. The number of hydrogen-bond acceptors (Lipinski definition) is 4. The first kappa shape index (κ1) is 16.1. The van der Waals surface area contributed by atoms with Gasteiger partial charge in [-0.3, -0.25) is 4.79 Å². The molecule has 0 radical (unpaired) electrons. The van der Waals surface area contributed by atoms with Crippen molar-refractivity contribution in [3.05, 3.63) is 71.5 Å². The van der Waals surface area contributed by atoms with E-state index >= 15 is 0 Å². The lowest BCUT2D eigenvalue weighted by Gasteiger charge is -2.10. The SMILES string of the molecule is C=CC(=O)NCc1ccc2c(Nc3cccc(Br)c3)ncnc2c1. The Balaban J connectivity index is 1.87.